The number of aromatic nitrogens is 1. The Bertz CT molecular complexity index is 1060. The van der Waals surface area contributed by atoms with E-state index in [1.807, 2.05) is 6.92 Å². The molecule has 2 atom stereocenters. The molecular formula is C22H21BrCl2N4O2. The van der Waals surface area contributed by atoms with E-state index in [0.29, 0.717) is 43.9 Å². The number of hydrogen-bond donors (Lipinski definition) is 1. The second-order valence-electron chi connectivity index (χ2n) is 7.89. The lowest BCUT2D eigenvalue weighted by atomic mass is 9.97. The van der Waals surface area contributed by atoms with Crippen LogP contribution in [0.1, 0.15) is 42.1 Å². The molecule has 1 aliphatic carbocycles. The first kappa shape index (κ1) is 22.2. The molecule has 162 valence electrons. The SMILES string of the molecule is CC(NC(=O)c1cc(Cl)ccc1CC(=O)C1CC(Br)=NN1c1ncccc1Cl)C1CC1. The van der Waals surface area contributed by atoms with Crippen molar-refractivity contribution in [3.8, 4) is 0 Å². The molecule has 2 heterocycles. The average molecular weight is 524 g/mol. The number of nitrogens with one attached hydrogen (secondary N) is 1. The molecule has 31 heavy (non-hydrogen) atoms. The maximum absolute atomic E-state index is 13.3. The highest BCUT2D eigenvalue weighted by Crippen LogP contribution is 2.33. The Kier molecular flexibility index (Phi) is 6.65. The van der Waals surface area contributed by atoms with Crippen LogP contribution in [0.25, 0.3) is 0 Å². The smallest absolute Gasteiger partial charge is 0.251 e. The highest BCUT2D eigenvalue weighted by atomic mass is 79.9. The van der Waals surface area contributed by atoms with Crippen molar-refractivity contribution in [2.45, 2.75) is 44.7 Å². The molecule has 1 N–H and O–H groups in total. The number of ketones is 1. The van der Waals surface area contributed by atoms with Crippen LogP contribution in [0.3, 0.4) is 0 Å². The molecule has 2 aliphatic rings. The first-order chi connectivity index (χ1) is 14.8. The van der Waals surface area contributed by atoms with E-state index >= 15 is 0 Å². The van der Waals surface area contributed by atoms with Gasteiger partial charge in [-0.25, -0.2) is 9.99 Å². The minimum absolute atomic E-state index is 0.0686. The van der Waals surface area contributed by atoms with Crippen molar-refractivity contribution in [1.29, 1.82) is 0 Å². The van der Waals surface area contributed by atoms with Gasteiger partial charge in [-0.1, -0.05) is 29.3 Å². The number of carbonyl (C=O) groups excluding carboxylic acids is 2. The molecule has 0 bridgehead atoms. The summed E-state index contributed by atoms with van der Waals surface area (Å²) >= 11 is 15.8. The molecule has 4 rings (SSSR count). The van der Waals surface area contributed by atoms with Crippen LogP contribution >= 0.6 is 39.1 Å². The molecule has 0 radical (unpaired) electrons. The van der Waals surface area contributed by atoms with E-state index in [2.05, 4.69) is 31.3 Å². The van der Waals surface area contributed by atoms with E-state index in [-0.39, 0.29) is 24.2 Å². The quantitative estimate of drug-likeness (QED) is 0.553. The minimum atomic E-state index is -0.571. The van der Waals surface area contributed by atoms with Crippen molar-refractivity contribution in [2.75, 3.05) is 5.01 Å². The monoisotopic (exact) mass is 522 g/mol. The molecule has 1 saturated carbocycles. The Morgan fingerprint density at radius 1 is 1.29 bits per heavy atom. The topological polar surface area (TPSA) is 74.7 Å². The standard InChI is InChI=1S/C22H21BrCl2N4O2/c1-12(13-4-5-13)27-22(31)16-10-15(24)7-6-14(16)9-19(30)18-11-20(23)28-29(18)21-17(25)3-2-8-26-21/h2-3,6-8,10,12-13,18H,4-5,9,11H2,1H3,(H,27,31). The predicted octanol–water partition coefficient (Wildman–Crippen LogP) is 5.02. The fourth-order valence-corrected chi connectivity index (χ4v) is 4.54. The molecule has 6 nitrogen and oxygen atoms in total. The maximum atomic E-state index is 13.3. The minimum Gasteiger partial charge on any atom is -0.349 e. The molecule has 9 heteroatoms. The van der Waals surface area contributed by atoms with Crippen LogP contribution in [0.4, 0.5) is 5.82 Å². The second-order valence-corrected chi connectivity index (χ2v) is 9.65. The van der Waals surface area contributed by atoms with Crippen molar-refractivity contribution in [2.24, 2.45) is 11.0 Å². The highest BCUT2D eigenvalue weighted by Gasteiger charge is 2.35. The predicted molar refractivity (Wildman–Crippen MR) is 126 cm³/mol. The van der Waals surface area contributed by atoms with Gasteiger partial charge in [0.15, 0.2) is 11.6 Å². The summed E-state index contributed by atoms with van der Waals surface area (Å²) in [5.41, 5.74) is 1.05. The summed E-state index contributed by atoms with van der Waals surface area (Å²) in [6, 6.07) is 8.00. The number of nitrogens with zero attached hydrogens (tertiary/aromatic N) is 3. The number of benzene rings is 1. The van der Waals surface area contributed by atoms with Crippen LogP contribution in [0.5, 0.6) is 0 Å². The van der Waals surface area contributed by atoms with Crippen molar-refractivity contribution in [3.63, 3.8) is 0 Å². The maximum Gasteiger partial charge on any atom is 0.251 e. The number of carbonyl (C=O) groups is 2. The number of amides is 1. The van der Waals surface area contributed by atoms with Crippen molar-refractivity contribution >= 4 is 61.3 Å². The first-order valence-corrected chi connectivity index (χ1v) is 11.6. The third kappa shape index (κ3) is 5.10. The zero-order valence-electron chi connectivity index (χ0n) is 16.8. The van der Waals surface area contributed by atoms with Crippen LogP contribution in [0, 0.1) is 5.92 Å². The Morgan fingerprint density at radius 3 is 2.77 bits per heavy atom. The molecule has 1 aromatic heterocycles. The van der Waals surface area contributed by atoms with Gasteiger partial charge in [0.05, 0.1) is 5.02 Å². The summed E-state index contributed by atoms with van der Waals surface area (Å²) in [5.74, 6) is 0.645. The zero-order chi connectivity index (χ0) is 22.1. The van der Waals surface area contributed by atoms with E-state index in [9.17, 15) is 9.59 Å². The van der Waals surface area contributed by atoms with Gasteiger partial charge in [-0.05, 0) is 71.4 Å². The zero-order valence-corrected chi connectivity index (χ0v) is 19.9. The third-order valence-electron chi connectivity index (χ3n) is 5.57. The lowest BCUT2D eigenvalue weighted by Crippen LogP contribution is -2.37. The summed E-state index contributed by atoms with van der Waals surface area (Å²) in [7, 11) is 0. The number of pyridine rings is 1. The number of halogens is 3. The van der Waals surface area contributed by atoms with Crippen molar-refractivity contribution in [1.82, 2.24) is 10.3 Å². The third-order valence-corrected chi connectivity index (χ3v) is 6.58. The summed E-state index contributed by atoms with van der Waals surface area (Å²) < 4.78 is 0.639. The largest absolute Gasteiger partial charge is 0.349 e. The number of rotatable bonds is 7. The van der Waals surface area contributed by atoms with Crippen molar-refractivity contribution in [3.05, 3.63) is 57.7 Å². The van der Waals surface area contributed by atoms with Gasteiger partial charge in [0, 0.05) is 35.7 Å². The van der Waals surface area contributed by atoms with Gasteiger partial charge in [-0.2, -0.15) is 5.10 Å². The number of hydrogen-bond acceptors (Lipinski definition) is 5. The average Bonchev–Trinajstić information content (AvgIpc) is 3.51. The molecule has 1 amide bonds. The summed E-state index contributed by atoms with van der Waals surface area (Å²) in [6.07, 6.45) is 4.33. The van der Waals surface area contributed by atoms with Gasteiger partial charge in [-0.3, -0.25) is 9.59 Å². The van der Waals surface area contributed by atoms with Gasteiger partial charge in [-0.15, -0.1) is 0 Å². The number of hydrazone groups is 1. The Morgan fingerprint density at radius 2 is 2.06 bits per heavy atom. The Hall–Kier alpha value is -1.96. The van der Waals surface area contributed by atoms with Crippen LogP contribution in [-0.4, -0.2) is 33.4 Å². The second kappa shape index (κ2) is 9.27. The fraction of sp³-hybridized carbons (Fsp3) is 0.364. The Labute approximate surface area is 199 Å². The lowest BCUT2D eigenvalue weighted by molar-refractivity contribution is -0.119. The molecular weight excluding hydrogens is 503 g/mol. The molecule has 0 spiro atoms. The van der Waals surface area contributed by atoms with Crippen molar-refractivity contribution < 1.29 is 9.59 Å². The molecule has 0 saturated heterocycles. The number of Topliss-reactive ketones (excluding diaryl/α,β-unsaturated/α-hetero) is 1. The summed E-state index contributed by atoms with van der Waals surface area (Å²) in [6.45, 7) is 2.01. The van der Waals surface area contributed by atoms with E-state index in [1.165, 1.54) is 0 Å². The molecule has 2 aromatic rings. The van der Waals surface area contributed by atoms with Crippen LogP contribution in [0.2, 0.25) is 10.0 Å². The van der Waals surface area contributed by atoms with E-state index in [4.69, 9.17) is 23.2 Å². The first-order valence-electron chi connectivity index (χ1n) is 10.1. The van der Waals surface area contributed by atoms with E-state index < -0.39 is 6.04 Å². The summed E-state index contributed by atoms with van der Waals surface area (Å²) in [4.78, 5) is 30.5. The molecule has 2 unspecified atom stereocenters. The van der Waals surface area contributed by atoms with E-state index in [1.54, 1.807) is 41.5 Å². The van der Waals surface area contributed by atoms with Gasteiger partial charge in [0.1, 0.15) is 10.7 Å². The van der Waals surface area contributed by atoms with Gasteiger partial charge in [0.25, 0.3) is 5.91 Å². The molecule has 1 fully saturated rings. The molecule has 1 aliphatic heterocycles. The van der Waals surface area contributed by atoms with Gasteiger partial charge >= 0.3 is 0 Å². The van der Waals surface area contributed by atoms with Crippen LogP contribution in [-0.2, 0) is 11.2 Å². The van der Waals surface area contributed by atoms with Crippen LogP contribution < -0.4 is 10.3 Å². The number of anilines is 1. The molecule has 1 aromatic carbocycles. The van der Waals surface area contributed by atoms with Gasteiger partial charge < -0.3 is 5.32 Å². The van der Waals surface area contributed by atoms with Gasteiger partial charge in [0.2, 0.25) is 0 Å². The van der Waals surface area contributed by atoms with E-state index in [0.717, 1.165) is 12.8 Å². The fourth-order valence-electron chi connectivity index (χ4n) is 3.68. The normalized spacial score (nSPS) is 19.2. The Balaban J connectivity index is 1.55. The summed E-state index contributed by atoms with van der Waals surface area (Å²) in [5, 5.41) is 9.84. The van der Waals surface area contributed by atoms with Crippen LogP contribution in [0.15, 0.2) is 41.6 Å². The highest BCUT2D eigenvalue weighted by molar-refractivity contribution is 9.18. The lowest BCUT2D eigenvalue weighted by Gasteiger charge is -2.22.